The van der Waals surface area contributed by atoms with Crippen LogP contribution in [0.25, 0.3) is 11.0 Å². The summed E-state index contributed by atoms with van der Waals surface area (Å²) < 4.78 is 2.02. The summed E-state index contributed by atoms with van der Waals surface area (Å²) >= 11 is 0. The molecule has 7 nitrogen and oxygen atoms in total. The van der Waals surface area contributed by atoms with Gasteiger partial charge in [0.05, 0.1) is 23.3 Å². The van der Waals surface area contributed by atoms with E-state index in [1.54, 1.807) is 11.9 Å². The monoisotopic (exact) mass is 340 g/mol. The van der Waals surface area contributed by atoms with E-state index in [1.165, 1.54) is 0 Å². The molecule has 25 heavy (non-hydrogen) atoms. The van der Waals surface area contributed by atoms with E-state index in [0.29, 0.717) is 13.0 Å². The molecule has 2 N–H and O–H groups in total. The van der Waals surface area contributed by atoms with Gasteiger partial charge in [-0.15, -0.1) is 0 Å². The number of amides is 2. The topological polar surface area (TPSA) is 78.8 Å². The van der Waals surface area contributed by atoms with Gasteiger partial charge in [-0.1, -0.05) is 12.1 Å². The minimum atomic E-state index is -0.119. The van der Waals surface area contributed by atoms with E-state index < -0.39 is 0 Å². The van der Waals surface area contributed by atoms with Crippen LogP contribution in [0.15, 0.2) is 30.3 Å². The molecule has 0 bridgehead atoms. The number of aryl methyl sites for hydroxylation is 2. The molecule has 0 spiro atoms. The van der Waals surface area contributed by atoms with Gasteiger partial charge in [0.1, 0.15) is 5.82 Å². The van der Waals surface area contributed by atoms with Crippen molar-refractivity contribution >= 4 is 17.1 Å². The lowest BCUT2D eigenvalue weighted by atomic mass is 10.2. The summed E-state index contributed by atoms with van der Waals surface area (Å²) in [6.45, 7) is 4.39. The van der Waals surface area contributed by atoms with Crippen LogP contribution < -0.4 is 5.32 Å². The number of fused-ring (bicyclic) bond motifs is 1. The fourth-order valence-electron chi connectivity index (χ4n) is 2.89. The minimum Gasteiger partial charge on any atom is -0.335 e. The zero-order chi connectivity index (χ0) is 18.0. The molecular weight excluding hydrogens is 316 g/mol. The Morgan fingerprint density at radius 1 is 1.40 bits per heavy atom. The van der Waals surface area contributed by atoms with Crippen molar-refractivity contribution in [3.63, 3.8) is 0 Å². The minimum absolute atomic E-state index is 0.00177. The molecule has 2 amide bonds. The van der Waals surface area contributed by atoms with Gasteiger partial charge in [0.15, 0.2) is 0 Å². The number of hydrogen-bond acceptors (Lipinski definition) is 3. The van der Waals surface area contributed by atoms with E-state index in [4.69, 9.17) is 0 Å². The number of benzene rings is 1. The third kappa shape index (κ3) is 3.81. The second-order valence-electron chi connectivity index (χ2n) is 6.53. The molecule has 0 aliphatic heterocycles. The summed E-state index contributed by atoms with van der Waals surface area (Å²) in [6, 6.07) is 9.83. The number of nitrogens with one attached hydrogen (secondary N) is 2. The Morgan fingerprint density at radius 3 is 2.84 bits per heavy atom. The molecule has 0 saturated carbocycles. The average molecular weight is 340 g/mol. The fraction of sp³-hybridized carbons (Fsp3) is 0.389. The van der Waals surface area contributed by atoms with Crippen LogP contribution in [0.2, 0.25) is 0 Å². The predicted molar refractivity (Wildman–Crippen MR) is 97.2 cm³/mol. The maximum atomic E-state index is 12.4. The number of carbonyl (C=O) groups is 1. The Bertz CT molecular complexity index is 881. The van der Waals surface area contributed by atoms with Gasteiger partial charge >= 0.3 is 6.03 Å². The molecule has 2 aromatic heterocycles. The van der Waals surface area contributed by atoms with E-state index in [-0.39, 0.29) is 12.1 Å². The number of aromatic nitrogens is 4. The van der Waals surface area contributed by atoms with Gasteiger partial charge in [-0.2, -0.15) is 5.10 Å². The molecule has 2 heterocycles. The molecule has 3 aromatic rings. The van der Waals surface area contributed by atoms with Crippen LogP contribution in [-0.4, -0.2) is 43.8 Å². The van der Waals surface area contributed by atoms with Crippen molar-refractivity contribution < 1.29 is 4.79 Å². The van der Waals surface area contributed by atoms with Crippen LogP contribution in [0.4, 0.5) is 4.79 Å². The third-order valence-electron chi connectivity index (χ3n) is 4.25. The molecule has 0 saturated heterocycles. The molecule has 0 aliphatic carbocycles. The number of aromatic amines is 1. The first-order chi connectivity index (χ1) is 11.9. The third-order valence-corrected chi connectivity index (χ3v) is 4.25. The number of H-pyrrole nitrogens is 1. The maximum absolute atomic E-state index is 12.4. The number of nitrogens with zero attached hydrogens (tertiary/aromatic N) is 4. The van der Waals surface area contributed by atoms with Gasteiger partial charge in [0, 0.05) is 32.3 Å². The normalized spacial score (nSPS) is 12.3. The van der Waals surface area contributed by atoms with Crippen molar-refractivity contribution in [3.8, 4) is 0 Å². The lowest BCUT2D eigenvalue weighted by Gasteiger charge is -2.20. The van der Waals surface area contributed by atoms with E-state index in [2.05, 4.69) is 20.5 Å². The largest absolute Gasteiger partial charge is 0.335 e. The number of rotatable bonds is 5. The summed E-state index contributed by atoms with van der Waals surface area (Å²) in [5.41, 5.74) is 3.97. The zero-order valence-electron chi connectivity index (χ0n) is 15.1. The van der Waals surface area contributed by atoms with Crippen molar-refractivity contribution in [1.29, 1.82) is 0 Å². The van der Waals surface area contributed by atoms with Crippen molar-refractivity contribution in [2.45, 2.75) is 32.9 Å². The molecule has 132 valence electrons. The Morgan fingerprint density at radius 2 is 2.16 bits per heavy atom. The summed E-state index contributed by atoms with van der Waals surface area (Å²) in [6.07, 6.45) is 0.691. The van der Waals surface area contributed by atoms with Crippen LogP contribution in [0.3, 0.4) is 0 Å². The molecule has 1 unspecified atom stereocenters. The summed E-state index contributed by atoms with van der Waals surface area (Å²) in [7, 11) is 3.75. The van der Waals surface area contributed by atoms with Gasteiger partial charge in [0.2, 0.25) is 0 Å². The van der Waals surface area contributed by atoms with Crippen LogP contribution in [-0.2, 0) is 20.0 Å². The lowest BCUT2D eigenvalue weighted by molar-refractivity contribution is 0.202. The van der Waals surface area contributed by atoms with Crippen molar-refractivity contribution in [2.24, 2.45) is 7.05 Å². The fourth-order valence-corrected chi connectivity index (χ4v) is 2.89. The van der Waals surface area contributed by atoms with Crippen molar-refractivity contribution in [2.75, 3.05) is 7.05 Å². The highest BCUT2D eigenvalue weighted by molar-refractivity contribution is 5.76. The van der Waals surface area contributed by atoms with E-state index >= 15 is 0 Å². The van der Waals surface area contributed by atoms with E-state index in [9.17, 15) is 4.79 Å². The van der Waals surface area contributed by atoms with Gasteiger partial charge in [-0.3, -0.25) is 5.10 Å². The average Bonchev–Trinajstić information content (AvgIpc) is 3.11. The van der Waals surface area contributed by atoms with Crippen LogP contribution in [0, 0.1) is 6.92 Å². The molecule has 0 radical (unpaired) electrons. The molecule has 0 aliphatic rings. The summed E-state index contributed by atoms with van der Waals surface area (Å²) in [5.74, 6) is 0.856. The van der Waals surface area contributed by atoms with Crippen LogP contribution >= 0.6 is 0 Å². The summed E-state index contributed by atoms with van der Waals surface area (Å²) in [5, 5.41) is 10.1. The van der Waals surface area contributed by atoms with Crippen LogP contribution in [0.5, 0.6) is 0 Å². The van der Waals surface area contributed by atoms with Gasteiger partial charge in [-0.05, 0) is 32.0 Å². The van der Waals surface area contributed by atoms with Gasteiger partial charge < -0.3 is 14.8 Å². The predicted octanol–water partition coefficient (Wildman–Crippen LogP) is 2.38. The first-order valence-electron chi connectivity index (χ1n) is 8.37. The molecular formula is C18H24N6O. The number of para-hydroxylation sites is 2. The molecule has 7 heteroatoms. The molecule has 1 aromatic carbocycles. The summed E-state index contributed by atoms with van der Waals surface area (Å²) in [4.78, 5) is 18.7. The first-order valence-corrected chi connectivity index (χ1v) is 8.37. The second-order valence-corrected chi connectivity index (χ2v) is 6.53. The number of carbonyl (C=O) groups excluding carboxylic acids is 1. The molecule has 1 atom stereocenters. The molecule has 0 fully saturated rings. The van der Waals surface area contributed by atoms with E-state index in [0.717, 1.165) is 28.2 Å². The highest BCUT2D eigenvalue weighted by Gasteiger charge is 2.16. The quantitative estimate of drug-likeness (QED) is 0.748. The van der Waals surface area contributed by atoms with Crippen LogP contribution in [0.1, 0.15) is 24.1 Å². The van der Waals surface area contributed by atoms with Crippen molar-refractivity contribution in [3.05, 3.63) is 47.5 Å². The Balaban J connectivity index is 1.60. The highest BCUT2D eigenvalue weighted by Crippen LogP contribution is 2.15. The van der Waals surface area contributed by atoms with E-state index in [1.807, 2.05) is 55.8 Å². The highest BCUT2D eigenvalue weighted by atomic mass is 16.2. The lowest BCUT2D eigenvalue weighted by Crippen LogP contribution is -2.42. The smallest absolute Gasteiger partial charge is 0.317 e. The van der Waals surface area contributed by atoms with Gasteiger partial charge in [0.25, 0.3) is 0 Å². The Labute approximate surface area is 147 Å². The van der Waals surface area contributed by atoms with Crippen molar-refractivity contribution in [1.82, 2.24) is 30.0 Å². The Hall–Kier alpha value is -2.83. The second kappa shape index (κ2) is 6.96. The standard InChI is InChI=1S/C18H24N6O/c1-12(9-14-10-13(2)21-22-14)19-18(25)23(3)11-17-20-15-7-5-6-8-16(15)24(17)4/h5-8,10,12H,9,11H2,1-4H3,(H,19,25)(H,21,22). The number of hydrogen-bond donors (Lipinski definition) is 2. The molecule has 3 rings (SSSR count). The SMILES string of the molecule is Cc1cc(CC(C)NC(=O)N(C)Cc2nc3ccccc3n2C)n[nH]1. The Kier molecular flexibility index (Phi) is 4.74. The van der Waals surface area contributed by atoms with Gasteiger partial charge in [-0.25, -0.2) is 9.78 Å². The first kappa shape index (κ1) is 17.0. The number of urea groups is 1. The maximum Gasteiger partial charge on any atom is 0.317 e. The zero-order valence-corrected chi connectivity index (χ0v) is 15.1. The number of imidazole rings is 1.